The minimum absolute atomic E-state index is 0.101. The minimum atomic E-state index is -0.101. The number of nitrogens with one attached hydrogen (secondary N) is 2. The molecule has 0 bridgehead atoms. The van der Waals surface area contributed by atoms with Gasteiger partial charge in [0.2, 0.25) is 0 Å². The number of carbonyl (C=O) groups excluding carboxylic acids is 1. The number of benzene rings is 1. The lowest BCUT2D eigenvalue weighted by atomic mass is 10.2. The summed E-state index contributed by atoms with van der Waals surface area (Å²) < 4.78 is 7.86. The lowest BCUT2D eigenvalue weighted by Crippen LogP contribution is -2.24. The number of carbonyl (C=O) groups is 1. The summed E-state index contributed by atoms with van der Waals surface area (Å²) in [6.45, 7) is 3.83. The molecule has 0 spiro atoms. The van der Waals surface area contributed by atoms with Crippen LogP contribution in [0.4, 0.5) is 5.82 Å². The van der Waals surface area contributed by atoms with Crippen LogP contribution in [0, 0.1) is 6.92 Å². The van der Waals surface area contributed by atoms with Crippen LogP contribution in [-0.4, -0.2) is 33.4 Å². The van der Waals surface area contributed by atoms with E-state index in [1.165, 1.54) is 5.56 Å². The molecule has 1 amide bonds. The van der Waals surface area contributed by atoms with Crippen molar-refractivity contribution in [2.24, 2.45) is 0 Å². The number of nitrogens with zero attached hydrogens (tertiary/aromatic N) is 3. The largest absolute Gasteiger partial charge is 0.487 e. The van der Waals surface area contributed by atoms with Crippen LogP contribution in [0.3, 0.4) is 0 Å². The molecule has 0 aliphatic heterocycles. The summed E-state index contributed by atoms with van der Waals surface area (Å²) in [5.74, 6) is 1.41. The van der Waals surface area contributed by atoms with Crippen molar-refractivity contribution in [2.75, 3.05) is 18.4 Å². The minimum Gasteiger partial charge on any atom is -0.487 e. The summed E-state index contributed by atoms with van der Waals surface area (Å²) in [6.07, 6.45) is 7.58. The molecule has 7 heteroatoms. The molecule has 7 nitrogen and oxygen atoms in total. The maximum Gasteiger partial charge on any atom is 0.251 e. The van der Waals surface area contributed by atoms with E-state index in [1.807, 2.05) is 66.2 Å². The lowest BCUT2D eigenvalue weighted by molar-refractivity contribution is 0.0952. The molecule has 0 saturated carbocycles. The molecular weight excluding hydrogens is 402 g/mol. The number of imidazole rings is 1. The van der Waals surface area contributed by atoms with Gasteiger partial charge in [0.15, 0.2) is 0 Å². The zero-order valence-corrected chi connectivity index (χ0v) is 18.1. The van der Waals surface area contributed by atoms with Crippen LogP contribution in [0.15, 0.2) is 73.2 Å². The van der Waals surface area contributed by atoms with Gasteiger partial charge >= 0.3 is 0 Å². The number of hydrogen-bond donors (Lipinski definition) is 2. The Kier molecular flexibility index (Phi) is 6.97. The van der Waals surface area contributed by atoms with Crippen molar-refractivity contribution < 1.29 is 9.53 Å². The van der Waals surface area contributed by atoms with Gasteiger partial charge in [-0.15, -0.1) is 0 Å². The van der Waals surface area contributed by atoms with Gasteiger partial charge in [-0.25, -0.2) is 9.97 Å². The van der Waals surface area contributed by atoms with Gasteiger partial charge in [0.25, 0.3) is 5.91 Å². The van der Waals surface area contributed by atoms with E-state index in [9.17, 15) is 4.79 Å². The van der Waals surface area contributed by atoms with Crippen molar-refractivity contribution in [3.63, 3.8) is 0 Å². The third-order valence-corrected chi connectivity index (χ3v) is 4.99. The van der Waals surface area contributed by atoms with E-state index < -0.39 is 0 Å². The van der Waals surface area contributed by atoms with E-state index in [-0.39, 0.29) is 5.91 Å². The van der Waals surface area contributed by atoms with Crippen LogP contribution >= 0.6 is 0 Å². The summed E-state index contributed by atoms with van der Waals surface area (Å²) in [4.78, 5) is 21.3. The molecule has 2 N–H and O–H groups in total. The number of anilines is 1. The molecule has 1 aromatic carbocycles. The highest BCUT2D eigenvalue weighted by molar-refractivity contribution is 5.94. The van der Waals surface area contributed by atoms with Gasteiger partial charge in [-0.1, -0.05) is 18.2 Å². The van der Waals surface area contributed by atoms with Crippen LogP contribution in [-0.2, 0) is 6.61 Å². The Bertz CT molecular complexity index is 1170. The molecule has 0 atom stereocenters. The van der Waals surface area contributed by atoms with Gasteiger partial charge in [0.1, 0.15) is 23.8 Å². The highest BCUT2D eigenvalue weighted by Gasteiger charge is 2.08. The first-order valence-corrected chi connectivity index (χ1v) is 10.8. The summed E-state index contributed by atoms with van der Waals surface area (Å²) >= 11 is 0. The maximum absolute atomic E-state index is 12.5. The predicted molar refractivity (Wildman–Crippen MR) is 125 cm³/mol. The summed E-state index contributed by atoms with van der Waals surface area (Å²) in [7, 11) is 0. The topological polar surface area (TPSA) is 80.5 Å². The molecule has 0 unspecified atom stereocenters. The van der Waals surface area contributed by atoms with Gasteiger partial charge in [0, 0.05) is 37.2 Å². The Hall–Kier alpha value is -3.87. The highest BCUT2D eigenvalue weighted by atomic mass is 16.5. The number of rotatable bonds is 10. The predicted octanol–water partition coefficient (Wildman–Crippen LogP) is 4.24. The van der Waals surface area contributed by atoms with Gasteiger partial charge in [-0.05, 0) is 61.7 Å². The standard InChI is InChI=1S/C25H27N5O2/c1-19-10-11-24-29-21(17-30(24)16-19)18-32-22-8-6-7-20(15-22)25(31)28-14-5-4-13-27-23-9-2-3-12-26-23/h2-3,6-12,15-17H,4-5,13-14,18H2,1H3,(H,26,27)(H,28,31). The fraction of sp³-hybridized carbons (Fsp3) is 0.240. The van der Waals surface area contributed by atoms with Crippen molar-refractivity contribution in [1.82, 2.24) is 19.7 Å². The molecule has 0 aliphatic carbocycles. The Morgan fingerprint density at radius 2 is 1.94 bits per heavy atom. The summed E-state index contributed by atoms with van der Waals surface area (Å²) in [6, 6.07) is 17.0. The molecule has 4 rings (SSSR count). The molecule has 0 saturated heterocycles. The second-order valence-corrected chi connectivity index (χ2v) is 7.63. The van der Waals surface area contributed by atoms with E-state index >= 15 is 0 Å². The number of unbranched alkanes of at least 4 members (excludes halogenated alkanes) is 1. The fourth-order valence-electron chi connectivity index (χ4n) is 3.35. The number of hydrogen-bond acceptors (Lipinski definition) is 5. The van der Waals surface area contributed by atoms with Crippen molar-refractivity contribution >= 4 is 17.4 Å². The molecule has 0 aliphatic rings. The number of fused-ring (bicyclic) bond motifs is 1. The quantitative estimate of drug-likeness (QED) is 0.369. The average Bonchev–Trinajstić information content (AvgIpc) is 3.22. The van der Waals surface area contributed by atoms with Gasteiger partial charge in [-0.2, -0.15) is 0 Å². The Morgan fingerprint density at radius 1 is 1.03 bits per heavy atom. The first-order chi connectivity index (χ1) is 15.7. The number of aryl methyl sites for hydroxylation is 1. The van der Waals surface area contributed by atoms with Crippen molar-refractivity contribution in [3.05, 3.63) is 90.0 Å². The zero-order chi connectivity index (χ0) is 22.2. The monoisotopic (exact) mass is 429 g/mol. The van der Waals surface area contributed by atoms with Crippen LogP contribution in [0.2, 0.25) is 0 Å². The molecule has 0 fully saturated rings. The zero-order valence-electron chi connectivity index (χ0n) is 18.1. The van der Waals surface area contributed by atoms with Gasteiger partial charge in [-0.3, -0.25) is 4.79 Å². The highest BCUT2D eigenvalue weighted by Crippen LogP contribution is 2.16. The molecule has 32 heavy (non-hydrogen) atoms. The van der Waals surface area contributed by atoms with Crippen LogP contribution in [0.1, 0.15) is 34.5 Å². The van der Waals surface area contributed by atoms with E-state index in [2.05, 4.69) is 20.6 Å². The third kappa shape index (κ3) is 5.85. The molecular formula is C25H27N5O2. The second-order valence-electron chi connectivity index (χ2n) is 7.63. The second kappa shape index (κ2) is 10.4. The van der Waals surface area contributed by atoms with Gasteiger partial charge < -0.3 is 19.8 Å². The Labute approximate surface area is 187 Å². The smallest absolute Gasteiger partial charge is 0.251 e. The fourth-order valence-corrected chi connectivity index (χ4v) is 3.35. The molecule has 164 valence electrons. The summed E-state index contributed by atoms with van der Waals surface area (Å²) in [5.41, 5.74) is 3.48. The van der Waals surface area contributed by atoms with E-state index in [4.69, 9.17) is 4.74 Å². The van der Waals surface area contributed by atoms with Crippen LogP contribution < -0.4 is 15.4 Å². The molecule has 3 heterocycles. The van der Waals surface area contributed by atoms with E-state index in [0.29, 0.717) is 24.5 Å². The average molecular weight is 430 g/mol. The SMILES string of the molecule is Cc1ccc2nc(COc3cccc(C(=O)NCCCCNc4ccccn4)c3)cn2c1. The number of amides is 1. The Balaban J connectivity index is 1.21. The van der Waals surface area contributed by atoms with Crippen molar-refractivity contribution in [3.8, 4) is 5.75 Å². The van der Waals surface area contributed by atoms with Crippen LogP contribution in [0.25, 0.3) is 5.65 Å². The maximum atomic E-state index is 12.5. The first-order valence-electron chi connectivity index (χ1n) is 10.8. The first kappa shape index (κ1) is 21.4. The van der Waals surface area contributed by atoms with E-state index in [1.54, 1.807) is 18.3 Å². The van der Waals surface area contributed by atoms with Crippen LogP contribution in [0.5, 0.6) is 5.75 Å². The number of pyridine rings is 2. The summed E-state index contributed by atoms with van der Waals surface area (Å²) in [5, 5.41) is 6.23. The Morgan fingerprint density at radius 3 is 2.81 bits per heavy atom. The normalized spacial score (nSPS) is 10.8. The molecule has 3 aromatic heterocycles. The third-order valence-electron chi connectivity index (χ3n) is 4.99. The number of aromatic nitrogens is 3. The van der Waals surface area contributed by atoms with E-state index in [0.717, 1.165) is 36.5 Å². The van der Waals surface area contributed by atoms with Crippen molar-refractivity contribution in [1.29, 1.82) is 0 Å². The van der Waals surface area contributed by atoms with Gasteiger partial charge in [0.05, 0.1) is 5.69 Å². The van der Waals surface area contributed by atoms with Crippen molar-refractivity contribution in [2.45, 2.75) is 26.4 Å². The molecule has 4 aromatic rings. The molecule has 0 radical (unpaired) electrons. The lowest BCUT2D eigenvalue weighted by Gasteiger charge is -2.08. The number of ether oxygens (including phenoxy) is 1.